The van der Waals surface area contributed by atoms with Gasteiger partial charge in [-0.05, 0) is 42.5 Å². The highest BCUT2D eigenvalue weighted by Gasteiger charge is 2.29. The van der Waals surface area contributed by atoms with Gasteiger partial charge in [0.25, 0.3) is 5.56 Å². The number of nitrogen functional groups attached to an aromatic ring is 1. The molecule has 5 rings (SSSR count). The van der Waals surface area contributed by atoms with Crippen molar-refractivity contribution in [1.82, 2.24) is 19.7 Å². The minimum atomic E-state index is -0.302. The summed E-state index contributed by atoms with van der Waals surface area (Å²) < 4.78 is 8.57. The Morgan fingerprint density at radius 2 is 2.22 bits per heavy atom. The first-order chi connectivity index (χ1) is 15.4. The maximum atomic E-state index is 12.8. The molecular weight excluding hydrogens is 426 g/mol. The van der Waals surface area contributed by atoms with Gasteiger partial charge in [-0.1, -0.05) is 12.6 Å². The van der Waals surface area contributed by atoms with E-state index in [4.69, 9.17) is 10.5 Å². The van der Waals surface area contributed by atoms with Gasteiger partial charge in [0.05, 0.1) is 23.2 Å². The van der Waals surface area contributed by atoms with Crippen LogP contribution in [0.3, 0.4) is 0 Å². The minimum Gasteiger partial charge on any atom is -0.495 e. The van der Waals surface area contributed by atoms with Crippen LogP contribution in [0.25, 0.3) is 31.4 Å². The van der Waals surface area contributed by atoms with E-state index in [1.165, 1.54) is 6.08 Å². The van der Waals surface area contributed by atoms with Gasteiger partial charge in [-0.2, -0.15) is 5.10 Å². The van der Waals surface area contributed by atoms with E-state index in [-0.39, 0.29) is 23.3 Å². The van der Waals surface area contributed by atoms with Gasteiger partial charge < -0.3 is 19.9 Å². The number of hydrogen-bond donors (Lipinski definition) is 2. The van der Waals surface area contributed by atoms with Gasteiger partial charge in [0, 0.05) is 29.7 Å². The largest absolute Gasteiger partial charge is 0.495 e. The number of thiophene rings is 1. The monoisotopic (exact) mass is 449 g/mol. The number of methoxy groups -OCH3 is 1. The maximum absolute atomic E-state index is 12.8. The summed E-state index contributed by atoms with van der Waals surface area (Å²) in [5.74, 6) is 0.982. The number of amides is 1. The van der Waals surface area contributed by atoms with Crippen molar-refractivity contribution in [2.24, 2.45) is 0 Å². The van der Waals surface area contributed by atoms with Crippen LogP contribution in [0, 0.1) is 6.92 Å². The molecule has 1 amide bonds. The number of rotatable bonds is 4. The summed E-state index contributed by atoms with van der Waals surface area (Å²) in [5.41, 5.74) is 8.39. The first-order valence-electron chi connectivity index (χ1n) is 10.3. The number of likely N-dealkylation sites (tertiary alicyclic amines) is 1. The third-order valence-corrected chi connectivity index (χ3v) is 7.24. The summed E-state index contributed by atoms with van der Waals surface area (Å²) in [6.07, 6.45) is 4.03. The Kier molecular flexibility index (Phi) is 4.78. The van der Waals surface area contributed by atoms with E-state index in [2.05, 4.69) is 28.9 Å². The molecule has 0 bridgehead atoms. The first kappa shape index (κ1) is 20.3. The number of ether oxygens (including phenoxy) is 1. The zero-order chi connectivity index (χ0) is 22.6. The van der Waals surface area contributed by atoms with Gasteiger partial charge in [-0.15, -0.1) is 11.3 Å². The second kappa shape index (κ2) is 7.52. The van der Waals surface area contributed by atoms with Crippen molar-refractivity contribution >= 4 is 44.1 Å². The highest BCUT2D eigenvalue weighted by Crippen LogP contribution is 2.43. The number of carbonyl (C=O) groups excluding carboxylic acids is 1. The van der Waals surface area contributed by atoms with Crippen LogP contribution in [-0.4, -0.2) is 45.8 Å². The molecule has 1 aromatic carbocycles. The smallest absolute Gasteiger partial charge is 0.288 e. The number of benzene rings is 1. The molecule has 8 nitrogen and oxygen atoms in total. The average molecular weight is 450 g/mol. The highest BCUT2D eigenvalue weighted by atomic mass is 32.1. The fraction of sp³-hybridized carbons (Fsp3) is 0.261. The summed E-state index contributed by atoms with van der Waals surface area (Å²) in [6, 6.07) is 6.18. The molecule has 4 heterocycles. The summed E-state index contributed by atoms with van der Waals surface area (Å²) in [5, 5.41) is 8.23. The molecule has 1 unspecified atom stereocenters. The van der Waals surface area contributed by atoms with Gasteiger partial charge in [0.2, 0.25) is 5.91 Å². The predicted octanol–water partition coefficient (Wildman–Crippen LogP) is 3.46. The number of aromatic amines is 1. The number of hydrogen-bond acceptors (Lipinski definition) is 6. The Balaban J connectivity index is 1.71. The molecule has 1 atom stereocenters. The van der Waals surface area contributed by atoms with Gasteiger partial charge in [0.15, 0.2) is 5.82 Å². The predicted molar refractivity (Wildman–Crippen MR) is 127 cm³/mol. The molecule has 0 radical (unpaired) electrons. The Labute approximate surface area is 187 Å². The molecule has 4 aromatic rings. The lowest BCUT2D eigenvalue weighted by Crippen LogP contribution is -2.27. The molecule has 164 valence electrons. The van der Waals surface area contributed by atoms with Gasteiger partial charge >= 0.3 is 0 Å². The van der Waals surface area contributed by atoms with Crippen molar-refractivity contribution in [3.05, 3.63) is 53.0 Å². The fourth-order valence-electron chi connectivity index (χ4n) is 4.56. The van der Waals surface area contributed by atoms with Crippen LogP contribution in [0.4, 0.5) is 5.82 Å². The number of H-pyrrole nitrogens is 1. The molecule has 1 aliphatic heterocycles. The van der Waals surface area contributed by atoms with E-state index in [1.54, 1.807) is 23.3 Å². The maximum Gasteiger partial charge on any atom is 0.288 e. The summed E-state index contributed by atoms with van der Waals surface area (Å²) >= 11 is 1.59. The van der Waals surface area contributed by atoms with Crippen molar-refractivity contribution in [3.63, 3.8) is 0 Å². The summed E-state index contributed by atoms with van der Waals surface area (Å²) in [4.78, 5) is 27.6. The lowest BCUT2D eigenvalue weighted by atomic mass is 10.1. The Morgan fingerprint density at radius 1 is 1.41 bits per heavy atom. The molecule has 0 aliphatic carbocycles. The van der Waals surface area contributed by atoms with Crippen LogP contribution >= 0.6 is 11.3 Å². The van der Waals surface area contributed by atoms with Gasteiger partial charge in [0.1, 0.15) is 11.3 Å². The van der Waals surface area contributed by atoms with Crippen LogP contribution in [-0.2, 0) is 4.79 Å². The molecule has 32 heavy (non-hydrogen) atoms. The zero-order valence-electron chi connectivity index (χ0n) is 17.8. The number of nitrogens with one attached hydrogen (secondary N) is 1. The number of aryl methyl sites for hydroxylation is 1. The normalized spacial score (nSPS) is 16.2. The third kappa shape index (κ3) is 3.08. The molecule has 0 saturated carbocycles. The Bertz CT molecular complexity index is 1450. The molecule has 3 aromatic heterocycles. The third-order valence-electron chi connectivity index (χ3n) is 6.04. The van der Waals surface area contributed by atoms with Crippen LogP contribution in [0.1, 0.15) is 18.0 Å². The van der Waals surface area contributed by atoms with Crippen molar-refractivity contribution < 1.29 is 9.53 Å². The van der Waals surface area contributed by atoms with E-state index >= 15 is 0 Å². The van der Waals surface area contributed by atoms with Crippen LogP contribution in [0.2, 0.25) is 0 Å². The van der Waals surface area contributed by atoms with Crippen LogP contribution in [0.15, 0.2) is 41.8 Å². The second-order valence-corrected chi connectivity index (χ2v) is 9.09. The van der Waals surface area contributed by atoms with E-state index in [0.29, 0.717) is 24.0 Å². The molecule has 0 spiro atoms. The number of aromatic nitrogens is 3. The molecule has 1 saturated heterocycles. The SMILES string of the molecule is C=CC(=O)N1CCC(n2cc(-c3cc4cc(C)cc(OC)c4s3)c3c(N)n[nH]c(=O)c32)C1. The van der Waals surface area contributed by atoms with Crippen molar-refractivity contribution in [2.75, 3.05) is 25.9 Å². The quantitative estimate of drug-likeness (QED) is 0.464. The van der Waals surface area contributed by atoms with Crippen LogP contribution < -0.4 is 16.0 Å². The van der Waals surface area contributed by atoms with Gasteiger partial charge in [-0.3, -0.25) is 9.59 Å². The van der Waals surface area contributed by atoms with E-state index in [0.717, 1.165) is 38.3 Å². The summed E-state index contributed by atoms with van der Waals surface area (Å²) in [7, 11) is 1.66. The van der Waals surface area contributed by atoms with Crippen molar-refractivity contribution in [2.45, 2.75) is 19.4 Å². The summed E-state index contributed by atoms with van der Waals surface area (Å²) in [6.45, 7) is 6.73. The number of fused-ring (bicyclic) bond motifs is 2. The molecule has 1 aliphatic rings. The molecule has 1 fully saturated rings. The van der Waals surface area contributed by atoms with Gasteiger partial charge in [-0.25, -0.2) is 5.10 Å². The first-order valence-corrected chi connectivity index (χ1v) is 11.1. The lowest BCUT2D eigenvalue weighted by Gasteiger charge is -2.16. The average Bonchev–Trinajstić information content (AvgIpc) is 3.51. The molecule has 3 N–H and O–H groups in total. The number of carbonyl (C=O) groups is 1. The van der Waals surface area contributed by atoms with E-state index < -0.39 is 0 Å². The molecular formula is C23H23N5O3S. The zero-order valence-corrected chi connectivity index (χ0v) is 18.7. The highest BCUT2D eigenvalue weighted by molar-refractivity contribution is 7.22. The Morgan fingerprint density at radius 3 is 2.97 bits per heavy atom. The second-order valence-electron chi connectivity index (χ2n) is 8.04. The number of nitrogens with zero attached hydrogens (tertiary/aromatic N) is 3. The number of anilines is 1. The van der Waals surface area contributed by atoms with E-state index in [9.17, 15) is 9.59 Å². The lowest BCUT2D eigenvalue weighted by molar-refractivity contribution is -0.125. The minimum absolute atomic E-state index is 0.0378. The Hall–Kier alpha value is -3.59. The topological polar surface area (TPSA) is 106 Å². The number of nitrogens with two attached hydrogens (primary N) is 1. The van der Waals surface area contributed by atoms with Crippen LogP contribution in [0.5, 0.6) is 5.75 Å². The van der Waals surface area contributed by atoms with Crippen molar-refractivity contribution in [3.8, 4) is 16.2 Å². The fourth-order valence-corrected chi connectivity index (χ4v) is 5.71. The van der Waals surface area contributed by atoms with E-state index in [1.807, 2.05) is 23.8 Å². The van der Waals surface area contributed by atoms with Crippen molar-refractivity contribution in [1.29, 1.82) is 0 Å². The standard InChI is InChI=1S/C23H23N5O3S/c1-4-18(29)27-6-5-14(10-27)28-11-15(19-20(28)23(30)26-25-22(19)24)17-9-13-7-12(2)8-16(31-3)21(13)32-17/h4,7-9,11,14H,1,5-6,10H2,2-3H3,(H2,24,25)(H,26,30). The molecule has 9 heteroatoms.